The van der Waals surface area contributed by atoms with Crippen molar-refractivity contribution >= 4 is 23.0 Å². The number of likely N-dealkylation sites (tertiary alicyclic amines) is 1. The van der Waals surface area contributed by atoms with Crippen LogP contribution in [0.2, 0.25) is 0 Å². The van der Waals surface area contributed by atoms with Crippen LogP contribution in [0.15, 0.2) is 22.6 Å². The van der Waals surface area contributed by atoms with E-state index in [-0.39, 0.29) is 18.2 Å². The summed E-state index contributed by atoms with van der Waals surface area (Å²) in [6, 6.07) is 5.33. The van der Waals surface area contributed by atoms with Gasteiger partial charge in [0, 0.05) is 31.3 Å². The van der Waals surface area contributed by atoms with Gasteiger partial charge in [0.15, 0.2) is 11.3 Å². The number of aliphatic carboxylic acids is 1. The first kappa shape index (κ1) is 14.6. The molecule has 1 fully saturated rings. The lowest BCUT2D eigenvalue weighted by Gasteiger charge is -2.30. The van der Waals surface area contributed by atoms with Gasteiger partial charge in [-0.1, -0.05) is 0 Å². The predicted molar refractivity (Wildman–Crippen MR) is 79.6 cm³/mol. The van der Waals surface area contributed by atoms with Gasteiger partial charge in [-0.3, -0.25) is 9.59 Å². The van der Waals surface area contributed by atoms with Crippen molar-refractivity contribution in [1.29, 1.82) is 0 Å². The topological polar surface area (TPSA) is 83.6 Å². The van der Waals surface area contributed by atoms with Crippen LogP contribution in [-0.4, -0.2) is 40.0 Å². The lowest BCUT2D eigenvalue weighted by molar-refractivity contribution is -0.138. The van der Waals surface area contributed by atoms with Crippen LogP contribution in [0.4, 0.5) is 0 Å². The van der Waals surface area contributed by atoms with Crippen LogP contribution >= 0.6 is 0 Å². The van der Waals surface area contributed by atoms with Gasteiger partial charge in [-0.15, -0.1) is 0 Å². The van der Waals surface area contributed by atoms with Crippen LogP contribution in [0.5, 0.6) is 0 Å². The van der Waals surface area contributed by atoms with Gasteiger partial charge < -0.3 is 14.4 Å². The molecule has 6 nitrogen and oxygen atoms in total. The highest BCUT2D eigenvalue weighted by Gasteiger charge is 2.26. The highest BCUT2D eigenvalue weighted by Crippen LogP contribution is 2.24. The molecule has 22 heavy (non-hydrogen) atoms. The molecule has 1 amide bonds. The van der Waals surface area contributed by atoms with E-state index in [0.717, 1.165) is 18.5 Å². The van der Waals surface area contributed by atoms with Crippen molar-refractivity contribution in [2.45, 2.75) is 26.2 Å². The second-order valence-corrected chi connectivity index (χ2v) is 5.78. The van der Waals surface area contributed by atoms with E-state index in [1.165, 1.54) is 0 Å². The summed E-state index contributed by atoms with van der Waals surface area (Å²) in [4.78, 5) is 29.3. The fourth-order valence-corrected chi connectivity index (χ4v) is 2.87. The molecule has 1 N–H and O–H groups in total. The molecule has 2 aromatic heterocycles. The Bertz CT molecular complexity index is 714. The molecule has 0 saturated carbocycles. The first-order valence-electron chi connectivity index (χ1n) is 7.41. The number of aryl methyl sites for hydroxylation is 1. The van der Waals surface area contributed by atoms with Gasteiger partial charge in [0.1, 0.15) is 5.52 Å². The number of furan rings is 1. The molecule has 1 aliphatic heterocycles. The molecular weight excluding hydrogens is 284 g/mol. The number of carboxylic acid groups (broad SMARTS) is 1. The largest absolute Gasteiger partial charge is 0.481 e. The maximum absolute atomic E-state index is 12.5. The second kappa shape index (κ2) is 5.79. The zero-order valence-corrected chi connectivity index (χ0v) is 12.4. The Kier molecular flexibility index (Phi) is 3.83. The van der Waals surface area contributed by atoms with E-state index < -0.39 is 5.97 Å². The zero-order chi connectivity index (χ0) is 15.7. The third-order valence-electron chi connectivity index (χ3n) is 4.09. The summed E-state index contributed by atoms with van der Waals surface area (Å²) < 4.78 is 5.58. The molecule has 0 spiro atoms. The van der Waals surface area contributed by atoms with Crippen molar-refractivity contribution < 1.29 is 19.1 Å². The van der Waals surface area contributed by atoms with Crippen LogP contribution in [0, 0.1) is 12.8 Å². The Hall–Kier alpha value is -2.37. The molecule has 6 heteroatoms. The van der Waals surface area contributed by atoms with Crippen LogP contribution in [0.1, 0.15) is 35.5 Å². The summed E-state index contributed by atoms with van der Waals surface area (Å²) in [5.74, 6) is -0.473. The van der Waals surface area contributed by atoms with Crippen molar-refractivity contribution in [3.63, 3.8) is 0 Å². The molecule has 0 radical (unpaired) electrons. The Morgan fingerprint density at radius 2 is 2.09 bits per heavy atom. The minimum absolute atomic E-state index is 0.149. The minimum Gasteiger partial charge on any atom is -0.481 e. The number of rotatable bonds is 3. The number of aromatic nitrogens is 1. The number of amides is 1. The van der Waals surface area contributed by atoms with Crippen LogP contribution in [-0.2, 0) is 4.79 Å². The van der Waals surface area contributed by atoms with E-state index in [4.69, 9.17) is 9.52 Å². The Morgan fingerprint density at radius 3 is 2.77 bits per heavy atom. The average Bonchev–Trinajstić information content (AvgIpc) is 2.89. The van der Waals surface area contributed by atoms with E-state index in [1.54, 1.807) is 11.0 Å². The summed E-state index contributed by atoms with van der Waals surface area (Å²) >= 11 is 0. The Morgan fingerprint density at radius 1 is 1.36 bits per heavy atom. The van der Waals surface area contributed by atoms with Gasteiger partial charge in [-0.2, -0.15) is 0 Å². The molecule has 2 aromatic rings. The first-order chi connectivity index (χ1) is 10.5. The number of hydrogen-bond acceptors (Lipinski definition) is 4. The van der Waals surface area contributed by atoms with Crippen molar-refractivity contribution in [1.82, 2.24) is 9.88 Å². The molecule has 3 rings (SSSR count). The first-order valence-corrected chi connectivity index (χ1v) is 7.41. The third kappa shape index (κ3) is 2.95. The van der Waals surface area contributed by atoms with E-state index in [2.05, 4.69) is 4.98 Å². The quantitative estimate of drug-likeness (QED) is 0.941. The van der Waals surface area contributed by atoms with Crippen LogP contribution < -0.4 is 0 Å². The number of pyridine rings is 1. The van der Waals surface area contributed by atoms with Gasteiger partial charge in [0.05, 0.1) is 0 Å². The fraction of sp³-hybridized carbons (Fsp3) is 0.438. The number of hydrogen-bond donors (Lipinski definition) is 1. The monoisotopic (exact) mass is 302 g/mol. The molecule has 3 heterocycles. The summed E-state index contributed by atoms with van der Waals surface area (Å²) in [5, 5.41) is 8.82. The summed E-state index contributed by atoms with van der Waals surface area (Å²) in [7, 11) is 0. The van der Waals surface area contributed by atoms with Crippen molar-refractivity contribution in [2.75, 3.05) is 13.1 Å². The highest BCUT2D eigenvalue weighted by atomic mass is 16.4. The molecule has 0 aromatic carbocycles. The van der Waals surface area contributed by atoms with Crippen molar-refractivity contribution in [3.8, 4) is 0 Å². The molecule has 0 bridgehead atoms. The average molecular weight is 302 g/mol. The number of nitrogens with zero attached hydrogens (tertiary/aromatic N) is 2. The van der Waals surface area contributed by atoms with Gasteiger partial charge in [-0.05, 0) is 37.8 Å². The maximum atomic E-state index is 12.5. The summed E-state index contributed by atoms with van der Waals surface area (Å²) in [6.07, 6.45) is 1.61. The van der Waals surface area contributed by atoms with Gasteiger partial charge in [0.25, 0.3) is 5.91 Å². The Balaban J connectivity index is 1.69. The van der Waals surface area contributed by atoms with Gasteiger partial charge in [0.2, 0.25) is 0 Å². The van der Waals surface area contributed by atoms with E-state index >= 15 is 0 Å². The minimum atomic E-state index is -0.775. The number of fused-ring (bicyclic) bond motifs is 1. The number of piperidine rings is 1. The molecule has 0 atom stereocenters. The number of carbonyl (C=O) groups excluding carboxylic acids is 1. The molecule has 1 aliphatic rings. The number of carbonyl (C=O) groups is 2. The second-order valence-electron chi connectivity index (χ2n) is 5.78. The molecule has 0 aliphatic carbocycles. The van der Waals surface area contributed by atoms with Gasteiger partial charge >= 0.3 is 5.97 Å². The smallest absolute Gasteiger partial charge is 0.303 e. The zero-order valence-electron chi connectivity index (χ0n) is 12.4. The van der Waals surface area contributed by atoms with E-state index in [0.29, 0.717) is 29.9 Å². The lowest BCUT2D eigenvalue weighted by atomic mass is 9.93. The molecular formula is C16H18N2O4. The standard InChI is InChI=1S/C16H18N2O4/c1-10-2-3-13-12(17-10)9-14(22-13)16(21)18-6-4-11(5-7-18)8-15(19)20/h2-3,9,11H,4-8H2,1H3,(H,19,20). The fourth-order valence-electron chi connectivity index (χ4n) is 2.87. The van der Waals surface area contributed by atoms with Crippen LogP contribution in [0.25, 0.3) is 11.1 Å². The summed E-state index contributed by atoms with van der Waals surface area (Å²) in [5.41, 5.74) is 2.17. The van der Waals surface area contributed by atoms with Crippen LogP contribution in [0.3, 0.4) is 0 Å². The molecule has 1 saturated heterocycles. The maximum Gasteiger partial charge on any atom is 0.303 e. The summed E-state index contributed by atoms with van der Waals surface area (Å²) in [6.45, 7) is 3.03. The van der Waals surface area contributed by atoms with Crippen molar-refractivity contribution in [3.05, 3.63) is 29.7 Å². The highest BCUT2D eigenvalue weighted by molar-refractivity contribution is 5.95. The molecule has 0 unspecified atom stereocenters. The SMILES string of the molecule is Cc1ccc2oc(C(=O)N3CCC(CC(=O)O)CC3)cc2n1. The van der Waals surface area contributed by atoms with Gasteiger partial charge in [-0.25, -0.2) is 4.98 Å². The Labute approximate surface area is 127 Å². The van der Waals surface area contributed by atoms with E-state index in [9.17, 15) is 9.59 Å². The lowest BCUT2D eigenvalue weighted by Crippen LogP contribution is -2.38. The normalized spacial score (nSPS) is 16.1. The molecule has 116 valence electrons. The third-order valence-corrected chi connectivity index (χ3v) is 4.09. The van der Waals surface area contributed by atoms with Crippen molar-refractivity contribution in [2.24, 2.45) is 5.92 Å². The van der Waals surface area contributed by atoms with E-state index in [1.807, 2.05) is 19.1 Å². The number of carboxylic acids is 1. The predicted octanol–water partition coefficient (Wildman–Crippen LogP) is 2.46.